The predicted molar refractivity (Wildman–Crippen MR) is 84.9 cm³/mol. The Hall–Kier alpha value is -3.56. The van der Waals surface area contributed by atoms with Gasteiger partial charge in [0.15, 0.2) is 0 Å². The molecule has 0 aliphatic rings. The first-order valence-corrected chi connectivity index (χ1v) is 6.94. The Morgan fingerprint density at radius 2 is 1.76 bits per heavy atom. The smallest absolute Gasteiger partial charge is 0.326 e. The highest BCUT2D eigenvalue weighted by Crippen LogP contribution is 2.29. The molecule has 0 aliphatic heterocycles. The second-order valence-electron chi connectivity index (χ2n) is 5.08. The molecule has 1 atom stereocenters. The zero-order valence-electron chi connectivity index (χ0n) is 12.6. The molecule has 0 saturated carbocycles. The number of hydrogen-bond acceptors (Lipinski definition) is 6. The Labute approximate surface area is 140 Å². The van der Waals surface area contributed by atoms with Crippen LogP contribution in [0.3, 0.4) is 0 Å². The van der Waals surface area contributed by atoms with Crippen LogP contribution < -0.4 is 5.32 Å². The number of nitrogens with zero attached hydrogens (tertiary/aromatic N) is 2. The van der Waals surface area contributed by atoms with Crippen LogP contribution in [0, 0.1) is 26.0 Å². The lowest BCUT2D eigenvalue weighted by Gasteiger charge is -2.16. The lowest BCUT2D eigenvalue weighted by atomic mass is 10.1. The number of nitro groups is 2. The Kier molecular flexibility index (Phi) is 5.22. The van der Waals surface area contributed by atoms with Gasteiger partial charge in [0, 0.05) is 12.5 Å². The summed E-state index contributed by atoms with van der Waals surface area (Å²) < 4.78 is 12.9. The minimum absolute atomic E-state index is 0.0657. The average Bonchev–Trinajstić information content (AvgIpc) is 2.55. The number of hydrogen-bond donors (Lipinski definition) is 2. The van der Waals surface area contributed by atoms with Gasteiger partial charge >= 0.3 is 5.97 Å². The van der Waals surface area contributed by atoms with Crippen LogP contribution in [0.2, 0.25) is 0 Å². The molecule has 0 aromatic heterocycles. The third-order valence-electron chi connectivity index (χ3n) is 3.37. The molecule has 0 aliphatic carbocycles. The topological polar surface area (TPSA) is 136 Å². The number of non-ortho nitro benzene ring substituents is 1. The van der Waals surface area contributed by atoms with Crippen LogP contribution in [0.15, 0.2) is 42.5 Å². The van der Waals surface area contributed by atoms with Gasteiger partial charge in [0.05, 0.1) is 15.9 Å². The van der Waals surface area contributed by atoms with Gasteiger partial charge in [-0.1, -0.05) is 12.1 Å². The number of halogens is 1. The number of carboxylic acids is 1. The number of carbonyl (C=O) groups is 1. The number of benzene rings is 2. The van der Waals surface area contributed by atoms with Crippen molar-refractivity contribution in [2.75, 3.05) is 5.32 Å². The van der Waals surface area contributed by atoms with Crippen molar-refractivity contribution in [2.24, 2.45) is 0 Å². The molecule has 0 fully saturated rings. The number of rotatable bonds is 7. The van der Waals surface area contributed by atoms with Gasteiger partial charge in [-0.15, -0.1) is 0 Å². The van der Waals surface area contributed by atoms with Crippen molar-refractivity contribution in [3.63, 3.8) is 0 Å². The van der Waals surface area contributed by atoms with Crippen molar-refractivity contribution in [3.05, 3.63) is 74.1 Å². The summed E-state index contributed by atoms with van der Waals surface area (Å²) in [6, 6.07) is 6.76. The van der Waals surface area contributed by atoms with E-state index in [0.29, 0.717) is 5.56 Å². The van der Waals surface area contributed by atoms with Crippen molar-refractivity contribution in [2.45, 2.75) is 12.5 Å². The molecule has 130 valence electrons. The lowest BCUT2D eigenvalue weighted by molar-refractivity contribution is -0.393. The van der Waals surface area contributed by atoms with E-state index in [4.69, 9.17) is 0 Å². The molecular weight excluding hydrogens is 337 g/mol. The van der Waals surface area contributed by atoms with Crippen molar-refractivity contribution >= 4 is 23.0 Å². The number of aliphatic carboxylic acids is 1. The molecule has 0 spiro atoms. The SMILES string of the molecule is O=C(O)[C@H](Cc1ccc(F)cc1)Nc1ccc([N+](=O)[O-])cc1[N+](=O)[O-]. The van der Waals surface area contributed by atoms with Crippen LogP contribution in [-0.4, -0.2) is 27.0 Å². The third-order valence-corrected chi connectivity index (χ3v) is 3.37. The Morgan fingerprint density at radius 1 is 1.12 bits per heavy atom. The second kappa shape index (κ2) is 7.34. The normalized spacial score (nSPS) is 11.6. The molecule has 25 heavy (non-hydrogen) atoms. The number of anilines is 1. The van der Waals surface area contributed by atoms with E-state index < -0.39 is 39.0 Å². The van der Waals surface area contributed by atoms with Crippen molar-refractivity contribution in [1.82, 2.24) is 0 Å². The average molecular weight is 349 g/mol. The van der Waals surface area contributed by atoms with Gasteiger partial charge in [-0.25, -0.2) is 9.18 Å². The molecule has 9 nitrogen and oxygen atoms in total. The number of nitrogens with one attached hydrogen (secondary N) is 1. The van der Waals surface area contributed by atoms with Gasteiger partial charge in [-0.3, -0.25) is 20.2 Å². The van der Waals surface area contributed by atoms with E-state index in [-0.39, 0.29) is 12.1 Å². The molecule has 2 aromatic carbocycles. The Morgan fingerprint density at radius 3 is 2.28 bits per heavy atom. The lowest BCUT2D eigenvalue weighted by Crippen LogP contribution is -2.31. The third kappa shape index (κ3) is 4.47. The molecule has 0 amide bonds. The van der Waals surface area contributed by atoms with Gasteiger partial charge in [0.2, 0.25) is 0 Å². The molecule has 0 bridgehead atoms. The van der Waals surface area contributed by atoms with E-state index in [1.807, 2.05) is 0 Å². The predicted octanol–water partition coefficient (Wildman–Crippen LogP) is 2.75. The largest absolute Gasteiger partial charge is 0.480 e. The Balaban J connectivity index is 2.29. The first-order valence-electron chi connectivity index (χ1n) is 6.94. The molecule has 0 heterocycles. The van der Waals surface area contributed by atoms with Crippen LogP contribution in [0.4, 0.5) is 21.5 Å². The fourth-order valence-electron chi connectivity index (χ4n) is 2.15. The van der Waals surface area contributed by atoms with E-state index in [9.17, 15) is 34.5 Å². The summed E-state index contributed by atoms with van der Waals surface area (Å²) in [5.41, 5.74) is -0.752. The standard InChI is InChI=1S/C15H12FN3O6/c16-10-3-1-9(2-4-10)7-13(15(20)21)17-12-6-5-11(18(22)23)8-14(12)19(24)25/h1-6,8,13,17H,7H2,(H,20,21)/t13-/m0/s1. The summed E-state index contributed by atoms with van der Waals surface area (Å²) in [6.45, 7) is 0. The highest BCUT2D eigenvalue weighted by Gasteiger charge is 2.24. The maximum absolute atomic E-state index is 12.9. The van der Waals surface area contributed by atoms with Crippen LogP contribution in [0.25, 0.3) is 0 Å². The van der Waals surface area contributed by atoms with E-state index in [1.165, 1.54) is 24.3 Å². The van der Waals surface area contributed by atoms with Gasteiger partial charge in [0.1, 0.15) is 17.5 Å². The summed E-state index contributed by atoms with van der Waals surface area (Å²) in [6.07, 6.45) is -0.0657. The molecule has 2 aromatic rings. The van der Waals surface area contributed by atoms with Crippen LogP contribution in [0.1, 0.15) is 5.56 Å². The van der Waals surface area contributed by atoms with Crippen molar-refractivity contribution < 1.29 is 24.1 Å². The van der Waals surface area contributed by atoms with Gasteiger partial charge in [0.25, 0.3) is 11.4 Å². The fourth-order valence-corrected chi connectivity index (χ4v) is 2.15. The minimum Gasteiger partial charge on any atom is -0.480 e. The monoisotopic (exact) mass is 349 g/mol. The van der Waals surface area contributed by atoms with Crippen molar-refractivity contribution in [1.29, 1.82) is 0 Å². The van der Waals surface area contributed by atoms with Crippen LogP contribution >= 0.6 is 0 Å². The highest BCUT2D eigenvalue weighted by molar-refractivity contribution is 5.79. The summed E-state index contributed by atoms with van der Waals surface area (Å²) in [5, 5.41) is 33.6. The molecule has 2 rings (SSSR count). The maximum Gasteiger partial charge on any atom is 0.326 e. The maximum atomic E-state index is 12.9. The van der Waals surface area contributed by atoms with Gasteiger partial charge < -0.3 is 10.4 Å². The van der Waals surface area contributed by atoms with Crippen molar-refractivity contribution in [3.8, 4) is 0 Å². The van der Waals surface area contributed by atoms with Crippen LogP contribution in [-0.2, 0) is 11.2 Å². The number of nitro benzene ring substituents is 2. The Bertz CT molecular complexity index is 825. The second-order valence-corrected chi connectivity index (χ2v) is 5.08. The molecule has 0 saturated heterocycles. The quantitative estimate of drug-likeness (QED) is 0.579. The first kappa shape index (κ1) is 17.8. The van der Waals surface area contributed by atoms with E-state index in [2.05, 4.69) is 5.32 Å². The van der Waals surface area contributed by atoms with E-state index in [0.717, 1.165) is 18.2 Å². The zero-order valence-corrected chi connectivity index (χ0v) is 12.6. The molecule has 10 heteroatoms. The molecule has 2 N–H and O–H groups in total. The summed E-state index contributed by atoms with van der Waals surface area (Å²) in [7, 11) is 0. The number of carboxylic acid groups (broad SMARTS) is 1. The summed E-state index contributed by atoms with van der Waals surface area (Å²) in [5.74, 6) is -1.76. The first-order chi connectivity index (χ1) is 11.8. The van der Waals surface area contributed by atoms with E-state index in [1.54, 1.807) is 0 Å². The highest BCUT2D eigenvalue weighted by atomic mass is 19.1. The molecular formula is C15H12FN3O6. The van der Waals surface area contributed by atoms with Crippen LogP contribution in [0.5, 0.6) is 0 Å². The zero-order chi connectivity index (χ0) is 18.6. The molecule has 0 radical (unpaired) electrons. The summed E-state index contributed by atoms with van der Waals surface area (Å²) in [4.78, 5) is 31.6. The fraction of sp³-hybridized carbons (Fsp3) is 0.133. The van der Waals surface area contributed by atoms with Gasteiger partial charge in [-0.05, 0) is 23.8 Å². The minimum atomic E-state index is -1.28. The van der Waals surface area contributed by atoms with E-state index >= 15 is 0 Å². The van der Waals surface area contributed by atoms with Gasteiger partial charge in [-0.2, -0.15) is 0 Å². The summed E-state index contributed by atoms with van der Waals surface area (Å²) >= 11 is 0. The molecule has 0 unspecified atom stereocenters.